The lowest BCUT2D eigenvalue weighted by Gasteiger charge is -2.26. The molecular weight excluding hydrogens is 398 g/mol. The third-order valence-electron chi connectivity index (χ3n) is 5.43. The zero-order valence-corrected chi connectivity index (χ0v) is 17.6. The molecule has 1 saturated heterocycles. The number of fused-ring (bicyclic) bond motifs is 1. The number of nitrogens with one attached hydrogen (secondary N) is 1. The minimum Gasteiger partial charge on any atom is -0.492 e. The highest BCUT2D eigenvalue weighted by Crippen LogP contribution is 2.17. The summed E-state index contributed by atoms with van der Waals surface area (Å²) >= 11 is 0. The van der Waals surface area contributed by atoms with Crippen molar-refractivity contribution in [2.24, 2.45) is 0 Å². The van der Waals surface area contributed by atoms with Crippen molar-refractivity contribution in [3.63, 3.8) is 0 Å². The summed E-state index contributed by atoms with van der Waals surface area (Å²) in [4.78, 5) is 27.2. The smallest absolute Gasteiger partial charge is 0.420 e. The number of nitrogens with zero attached hydrogens (tertiary/aromatic N) is 2. The Morgan fingerprint density at radius 2 is 1.97 bits per heavy atom. The minimum absolute atomic E-state index is 0.257. The predicted octanol–water partition coefficient (Wildman–Crippen LogP) is 2.18. The summed E-state index contributed by atoms with van der Waals surface area (Å²) in [6.07, 6.45) is 0. The fourth-order valence-electron chi connectivity index (χ4n) is 3.67. The Morgan fingerprint density at radius 3 is 2.81 bits per heavy atom. The van der Waals surface area contributed by atoms with E-state index in [1.54, 1.807) is 25.1 Å². The van der Waals surface area contributed by atoms with Crippen LogP contribution in [0.2, 0.25) is 0 Å². The van der Waals surface area contributed by atoms with Gasteiger partial charge >= 0.3 is 5.76 Å². The van der Waals surface area contributed by atoms with E-state index in [1.807, 2.05) is 30.3 Å². The largest absolute Gasteiger partial charge is 0.492 e. The summed E-state index contributed by atoms with van der Waals surface area (Å²) < 4.78 is 17.8. The Balaban J connectivity index is 1.32. The summed E-state index contributed by atoms with van der Waals surface area (Å²) in [5.74, 6) is -0.0306. The summed E-state index contributed by atoms with van der Waals surface area (Å²) in [6.45, 7) is 6.89. The number of oxazole rings is 1. The molecule has 0 bridgehead atoms. The van der Waals surface area contributed by atoms with Crippen molar-refractivity contribution in [2.75, 3.05) is 39.5 Å². The van der Waals surface area contributed by atoms with Crippen LogP contribution in [0.1, 0.15) is 18.5 Å². The zero-order chi connectivity index (χ0) is 21.6. The average Bonchev–Trinajstić information content (AvgIpc) is 3.13. The van der Waals surface area contributed by atoms with Crippen molar-refractivity contribution in [3.8, 4) is 5.75 Å². The molecule has 1 fully saturated rings. The van der Waals surface area contributed by atoms with E-state index in [-0.39, 0.29) is 5.91 Å². The van der Waals surface area contributed by atoms with E-state index in [0.29, 0.717) is 24.3 Å². The van der Waals surface area contributed by atoms with Crippen LogP contribution in [0.25, 0.3) is 11.1 Å². The molecular formula is C23H27N3O5. The highest BCUT2D eigenvalue weighted by atomic mass is 16.5. The highest BCUT2D eigenvalue weighted by Gasteiger charge is 2.21. The van der Waals surface area contributed by atoms with Crippen LogP contribution in [0.15, 0.2) is 57.7 Å². The van der Waals surface area contributed by atoms with Gasteiger partial charge in [-0.05, 0) is 36.8 Å². The molecule has 1 N–H and O–H groups in total. The molecule has 8 heteroatoms. The molecule has 2 heterocycles. The number of carbonyl (C=O) groups excluding carboxylic acids is 1. The molecule has 0 radical (unpaired) electrons. The minimum atomic E-state index is -0.691. The number of rotatable bonds is 8. The zero-order valence-electron chi connectivity index (χ0n) is 17.6. The Kier molecular flexibility index (Phi) is 6.69. The molecule has 1 aromatic heterocycles. The number of ether oxygens (including phenoxy) is 2. The molecule has 1 unspecified atom stereocenters. The Hall–Kier alpha value is -3.10. The number of morpholine rings is 1. The van der Waals surface area contributed by atoms with Crippen LogP contribution in [0.5, 0.6) is 5.75 Å². The van der Waals surface area contributed by atoms with Gasteiger partial charge in [0.1, 0.15) is 18.4 Å². The van der Waals surface area contributed by atoms with Crippen molar-refractivity contribution >= 4 is 17.0 Å². The topological polar surface area (TPSA) is 85.9 Å². The number of carbonyl (C=O) groups is 1. The number of hydrogen-bond donors (Lipinski definition) is 1. The van der Waals surface area contributed by atoms with E-state index in [0.717, 1.165) is 44.2 Å². The number of para-hydroxylation sites is 2. The van der Waals surface area contributed by atoms with Gasteiger partial charge in [0.15, 0.2) is 5.58 Å². The van der Waals surface area contributed by atoms with Gasteiger partial charge in [-0.3, -0.25) is 14.3 Å². The van der Waals surface area contributed by atoms with Crippen molar-refractivity contribution in [2.45, 2.75) is 19.5 Å². The van der Waals surface area contributed by atoms with Crippen LogP contribution in [-0.4, -0.2) is 54.8 Å². The average molecular weight is 425 g/mol. The third kappa shape index (κ3) is 5.15. The van der Waals surface area contributed by atoms with Crippen molar-refractivity contribution in [1.82, 2.24) is 14.8 Å². The van der Waals surface area contributed by atoms with Crippen LogP contribution in [-0.2, 0) is 16.1 Å². The lowest BCUT2D eigenvalue weighted by Crippen LogP contribution is -2.38. The molecule has 1 amide bonds. The molecule has 31 heavy (non-hydrogen) atoms. The van der Waals surface area contributed by atoms with E-state index < -0.39 is 11.8 Å². The Morgan fingerprint density at radius 1 is 1.16 bits per heavy atom. The van der Waals surface area contributed by atoms with E-state index in [1.165, 1.54) is 4.57 Å². The Bertz CT molecular complexity index is 1080. The lowest BCUT2D eigenvalue weighted by atomic mass is 10.2. The van der Waals surface area contributed by atoms with Gasteiger partial charge < -0.3 is 19.2 Å². The third-order valence-corrected chi connectivity index (χ3v) is 5.43. The monoisotopic (exact) mass is 425 g/mol. The molecule has 4 rings (SSSR count). The normalized spacial score (nSPS) is 15.6. The molecule has 0 aliphatic carbocycles. The van der Waals surface area contributed by atoms with Gasteiger partial charge in [-0.2, -0.15) is 0 Å². The quantitative estimate of drug-likeness (QED) is 0.595. The molecule has 1 aliphatic heterocycles. The maximum absolute atomic E-state index is 12.7. The molecule has 2 aromatic carbocycles. The summed E-state index contributed by atoms with van der Waals surface area (Å²) in [6, 6.07) is 14.0. The Labute approximate surface area is 180 Å². The lowest BCUT2D eigenvalue weighted by molar-refractivity contribution is -0.124. The molecule has 1 atom stereocenters. The van der Waals surface area contributed by atoms with Crippen LogP contribution in [0, 0.1) is 0 Å². The first kappa shape index (κ1) is 21.1. The molecule has 0 saturated carbocycles. The van der Waals surface area contributed by atoms with Gasteiger partial charge in [0.25, 0.3) is 0 Å². The molecule has 164 valence electrons. The second-order valence-electron chi connectivity index (χ2n) is 7.55. The molecule has 1 aliphatic rings. The van der Waals surface area contributed by atoms with Gasteiger partial charge in [0.2, 0.25) is 5.91 Å². The van der Waals surface area contributed by atoms with Crippen LogP contribution >= 0.6 is 0 Å². The summed E-state index contributed by atoms with van der Waals surface area (Å²) in [5, 5.41) is 2.90. The first-order chi connectivity index (χ1) is 15.1. The first-order valence-electron chi connectivity index (χ1n) is 10.5. The number of aromatic nitrogens is 1. The standard InChI is InChI=1S/C23H27N3O5/c1-17(26-20-7-2-3-8-21(20)31-23(26)28)22(27)24-16-18-5-4-6-19(15-18)30-14-11-25-9-12-29-13-10-25/h2-8,15,17H,9-14,16H2,1H3,(H,24,27). The van der Waals surface area contributed by atoms with Crippen molar-refractivity contribution < 1.29 is 18.7 Å². The van der Waals surface area contributed by atoms with E-state index >= 15 is 0 Å². The van der Waals surface area contributed by atoms with Gasteiger partial charge in [-0.1, -0.05) is 24.3 Å². The van der Waals surface area contributed by atoms with Gasteiger partial charge in [-0.15, -0.1) is 0 Å². The first-order valence-corrected chi connectivity index (χ1v) is 10.5. The van der Waals surface area contributed by atoms with Crippen molar-refractivity contribution in [1.29, 1.82) is 0 Å². The van der Waals surface area contributed by atoms with Gasteiger partial charge in [0.05, 0.1) is 18.7 Å². The van der Waals surface area contributed by atoms with E-state index in [2.05, 4.69) is 10.2 Å². The van der Waals surface area contributed by atoms with Crippen molar-refractivity contribution in [3.05, 3.63) is 64.6 Å². The fourth-order valence-corrected chi connectivity index (χ4v) is 3.67. The molecule has 3 aromatic rings. The number of benzene rings is 2. The van der Waals surface area contributed by atoms with Gasteiger partial charge in [-0.25, -0.2) is 4.79 Å². The SMILES string of the molecule is CC(C(=O)NCc1cccc(OCCN2CCOCC2)c1)n1c(=O)oc2ccccc21. The maximum Gasteiger partial charge on any atom is 0.420 e. The highest BCUT2D eigenvalue weighted by molar-refractivity contribution is 5.82. The van der Waals surface area contributed by atoms with E-state index in [4.69, 9.17) is 13.9 Å². The maximum atomic E-state index is 12.7. The fraction of sp³-hybridized carbons (Fsp3) is 0.391. The predicted molar refractivity (Wildman–Crippen MR) is 116 cm³/mol. The summed E-state index contributed by atoms with van der Waals surface area (Å²) in [5.41, 5.74) is 1.99. The van der Waals surface area contributed by atoms with Gasteiger partial charge in [0, 0.05) is 26.2 Å². The summed E-state index contributed by atoms with van der Waals surface area (Å²) in [7, 11) is 0. The van der Waals surface area contributed by atoms with Crippen LogP contribution in [0.3, 0.4) is 0 Å². The molecule has 0 spiro atoms. The van der Waals surface area contributed by atoms with Crippen LogP contribution < -0.4 is 15.8 Å². The van der Waals surface area contributed by atoms with Crippen LogP contribution in [0.4, 0.5) is 0 Å². The second-order valence-corrected chi connectivity index (χ2v) is 7.55. The molecule has 8 nitrogen and oxygen atoms in total. The number of hydrogen-bond acceptors (Lipinski definition) is 6. The number of amides is 1. The second kappa shape index (κ2) is 9.80. The van der Waals surface area contributed by atoms with E-state index in [9.17, 15) is 9.59 Å².